The predicted octanol–water partition coefficient (Wildman–Crippen LogP) is -0.197. The smallest absolute Gasteiger partial charge is 0.261 e. The van der Waals surface area contributed by atoms with Crippen LogP contribution in [0.1, 0.15) is 12.8 Å². The Morgan fingerprint density at radius 1 is 1.82 bits per heavy atom. The highest BCUT2D eigenvalue weighted by molar-refractivity contribution is 4.73. The molecule has 0 aromatic carbocycles. The molecule has 1 N–H and O–H groups in total. The fourth-order valence-corrected chi connectivity index (χ4v) is 1.23. The van der Waals surface area contributed by atoms with Gasteiger partial charge in [0, 0.05) is 11.5 Å². The van der Waals surface area contributed by atoms with Crippen LogP contribution in [0, 0.1) is 10.1 Å². The van der Waals surface area contributed by atoms with Crippen LogP contribution < -0.4 is 0 Å². The van der Waals surface area contributed by atoms with Gasteiger partial charge in [-0.15, -0.1) is 0 Å². The van der Waals surface area contributed by atoms with Crippen molar-refractivity contribution in [3.05, 3.63) is 10.1 Å². The molecule has 1 saturated heterocycles. The van der Waals surface area contributed by atoms with Gasteiger partial charge in [-0.05, 0) is 12.8 Å². The third kappa shape index (κ3) is 1.87. The van der Waals surface area contributed by atoms with Crippen molar-refractivity contribution in [1.82, 2.24) is 0 Å². The number of nitrogens with zero attached hydrogens (tertiary/aromatic N) is 1. The molecule has 1 heterocycles. The fourth-order valence-electron chi connectivity index (χ4n) is 1.23. The van der Waals surface area contributed by atoms with E-state index >= 15 is 0 Å². The lowest BCUT2D eigenvalue weighted by Crippen LogP contribution is -2.36. The molecule has 0 spiro atoms. The largest absolute Gasteiger partial charge is 0.389 e. The van der Waals surface area contributed by atoms with Crippen LogP contribution in [-0.4, -0.2) is 35.4 Å². The second kappa shape index (κ2) is 3.64. The summed E-state index contributed by atoms with van der Waals surface area (Å²) in [6, 6.07) is -0.933. The van der Waals surface area contributed by atoms with Gasteiger partial charge in [0.1, 0.15) is 12.7 Å². The quantitative estimate of drug-likeness (QED) is 0.459. The van der Waals surface area contributed by atoms with Crippen molar-refractivity contribution in [1.29, 1.82) is 0 Å². The molecule has 0 aromatic heterocycles. The zero-order valence-electron chi connectivity index (χ0n) is 6.10. The van der Waals surface area contributed by atoms with Gasteiger partial charge in [-0.3, -0.25) is 10.1 Å². The molecule has 11 heavy (non-hydrogen) atoms. The lowest BCUT2D eigenvalue weighted by molar-refractivity contribution is -0.537. The van der Waals surface area contributed by atoms with Crippen LogP contribution in [0.25, 0.3) is 0 Å². The minimum absolute atomic E-state index is 0.380. The molecule has 0 aliphatic carbocycles. The number of aliphatic hydroxyl groups is 1. The Hall–Kier alpha value is -0.680. The van der Waals surface area contributed by atoms with Gasteiger partial charge in [0.2, 0.25) is 0 Å². The third-order valence-corrected chi connectivity index (χ3v) is 1.85. The molecule has 0 saturated carbocycles. The van der Waals surface area contributed by atoms with Gasteiger partial charge in [0.05, 0.1) is 0 Å². The lowest BCUT2D eigenvalue weighted by Gasteiger charge is -2.12. The van der Waals surface area contributed by atoms with Gasteiger partial charge in [0.25, 0.3) is 6.04 Å². The first-order chi connectivity index (χ1) is 5.25. The van der Waals surface area contributed by atoms with E-state index in [9.17, 15) is 10.1 Å². The minimum atomic E-state index is -0.933. The topological polar surface area (TPSA) is 72.6 Å². The van der Waals surface area contributed by atoms with E-state index in [0.717, 1.165) is 6.42 Å². The SMILES string of the molecule is O=[N+]([O-])C(CO)C1CCCO1. The van der Waals surface area contributed by atoms with Crippen LogP contribution in [-0.2, 0) is 4.74 Å². The van der Waals surface area contributed by atoms with Crippen LogP contribution in [0.4, 0.5) is 0 Å². The fraction of sp³-hybridized carbons (Fsp3) is 1.00. The zero-order chi connectivity index (χ0) is 8.27. The van der Waals surface area contributed by atoms with E-state index in [-0.39, 0.29) is 6.10 Å². The summed E-state index contributed by atoms with van der Waals surface area (Å²) in [7, 11) is 0. The van der Waals surface area contributed by atoms with Crippen LogP contribution in [0.15, 0.2) is 0 Å². The number of ether oxygens (including phenoxy) is 1. The van der Waals surface area contributed by atoms with E-state index in [1.165, 1.54) is 0 Å². The number of nitro groups is 1. The number of aliphatic hydroxyl groups excluding tert-OH is 1. The first-order valence-corrected chi connectivity index (χ1v) is 3.61. The van der Waals surface area contributed by atoms with E-state index in [1.807, 2.05) is 0 Å². The highest BCUT2D eigenvalue weighted by atomic mass is 16.6. The van der Waals surface area contributed by atoms with Gasteiger partial charge in [-0.2, -0.15) is 0 Å². The second-order valence-corrected chi connectivity index (χ2v) is 2.59. The van der Waals surface area contributed by atoms with Crippen molar-refractivity contribution in [3.8, 4) is 0 Å². The molecule has 5 heteroatoms. The normalized spacial score (nSPS) is 26.8. The van der Waals surface area contributed by atoms with Crippen molar-refractivity contribution in [3.63, 3.8) is 0 Å². The molecule has 64 valence electrons. The van der Waals surface area contributed by atoms with Crippen LogP contribution in [0.5, 0.6) is 0 Å². The molecule has 2 unspecified atom stereocenters. The molecule has 0 aromatic rings. The summed E-state index contributed by atoms with van der Waals surface area (Å²) in [5, 5.41) is 18.9. The molecule has 5 nitrogen and oxygen atoms in total. The maximum Gasteiger partial charge on any atom is 0.261 e. The Morgan fingerprint density at radius 2 is 2.55 bits per heavy atom. The monoisotopic (exact) mass is 161 g/mol. The minimum Gasteiger partial charge on any atom is -0.389 e. The van der Waals surface area contributed by atoms with E-state index in [0.29, 0.717) is 13.0 Å². The maximum absolute atomic E-state index is 10.3. The molecule has 1 aliphatic heterocycles. The molecule has 0 radical (unpaired) electrons. The summed E-state index contributed by atoms with van der Waals surface area (Å²) < 4.78 is 5.07. The molecule has 0 amide bonds. The number of hydrogen-bond acceptors (Lipinski definition) is 4. The van der Waals surface area contributed by atoms with E-state index in [1.54, 1.807) is 0 Å². The maximum atomic E-state index is 10.3. The first kappa shape index (κ1) is 8.42. The van der Waals surface area contributed by atoms with Gasteiger partial charge in [-0.25, -0.2) is 0 Å². The van der Waals surface area contributed by atoms with Crippen molar-refractivity contribution < 1.29 is 14.8 Å². The Balaban J connectivity index is 2.46. The van der Waals surface area contributed by atoms with Crippen LogP contribution in [0.3, 0.4) is 0 Å². The average molecular weight is 161 g/mol. The average Bonchev–Trinajstić information content (AvgIpc) is 2.40. The van der Waals surface area contributed by atoms with Crippen LogP contribution >= 0.6 is 0 Å². The Morgan fingerprint density at radius 3 is 2.91 bits per heavy atom. The summed E-state index contributed by atoms with van der Waals surface area (Å²) >= 11 is 0. The summed E-state index contributed by atoms with van der Waals surface area (Å²) in [5.41, 5.74) is 0. The van der Waals surface area contributed by atoms with Crippen molar-refractivity contribution in [2.75, 3.05) is 13.2 Å². The summed E-state index contributed by atoms with van der Waals surface area (Å²) in [6.45, 7) is 0.146. The highest BCUT2D eigenvalue weighted by Crippen LogP contribution is 2.16. The van der Waals surface area contributed by atoms with Crippen molar-refractivity contribution in [2.45, 2.75) is 25.0 Å². The molecule has 1 aliphatic rings. The molecule has 1 fully saturated rings. The standard InChI is InChI=1S/C6H11NO4/c8-4-5(7(9)10)6-2-1-3-11-6/h5-6,8H,1-4H2. The van der Waals surface area contributed by atoms with Gasteiger partial charge in [0.15, 0.2) is 0 Å². The van der Waals surface area contributed by atoms with E-state index in [2.05, 4.69) is 0 Å². The first-order valence-electron chi connectivity index (χ1n) is 3.61. The molecular formula is C6H11NO4. The second-order valence-electron chi connectivity index (χ2n) is 2.59. The Kier molecular flexibility index (Phi) is 2.78. The number of rotatable bonds is 3. The van der Waals surface area contributed by atoms with Crippen LogP contribution in [0.2, 0.25) is 0 Å². The third-order valence-electron chi connectivity index (χ3n) is 1.85. The Bertz CT molecular complexity index is 144. The van der Waals surface area contributed by atoms with Gasteiger partial charge >= 0.3 is 0 Å². The molecule has 0 bridgehead atoms. The zero-order valence-corrected chi connectivity index (χ0v) is 6.10. The summed E-state index contributed by atoms with van der Waals surface area (Å²) in [5.74, 6) is 0. The summed E-state index contributed by atoms with van der Waals surface area (Å²) in [4.78, 5) is 9.81. The predicted molar refractivity (Wildman–Crippen MR) is 36.8 cm³/mol. The number of hydrogen-bond donors (Lipinski definition) is 1. The van der Waals surface area contributed by atoms with Gasteiger partial charge < -0.3 is 9.84 Å². The molecule has 2 atom stereocenters. The highest BCUT2D eigenvalue weighted by Gasteiger charge is 2.33. The molecule has 1 rings (SSSR count). The van der Waals surface area contributed by atoms with Gasteiger partial charge in [-0.1, -0.05) is 0 Å². The lowest BCUT2D eigenvalue weighted by atomic mass is 10.1. The van der Waals surface area contributed by atoms with Crippen molar-refractivity contribution >= 4 is 0 Å². The van der Waals surface area contributed by atoms with E-state index < -0.39 is 17.6 Å². The molecular weight excluding hydrogens is 150 g/mol. The summed E-state index contributed by atoms with van der Waals surface area (Å²) in [6.07, 6.45) is 1.16. The van der Waals surface area contributed by atoms with Crippen molar-refractivity contribution in [2.24, 2.45) is 0 Å². The van der Waals surface area contributed by atoms with E-state index in [4.69, 9.17) is 9.84 Å². The Labute approximate surface area is 64.1 Å².